The quantitative estimate of drug-likeness (QED) is 0.735. The standard InChI is InChI=1S/C19H15N5O2/c1-26-17-5-3-2-4-16(17)24-18(25)14-11-21-19(22-12-14)23-15-8-6-13(10-20)7-9-15/h2-9,11-12H,1H3,(H,24,25)(H,21,22,23). The Morgan fingerprint density at radius 1 is 1.08 bits per heavy atom. The van der Waals surface area contributed by atoms with Crippen LogP contribution in [0.25, 0.3) is 0 Å². The molecule has 0 aliphatic carbocycles. The lowest BCUT2D eigenvalue weighted by Crippen LogP contribution is -2.13. The Bertz CT molecular complexity index is 947. The predicted octanol–water partition coefficient (Wildman–Crippen LogP) is 3.35. The summed E-state index contributed by atoms with van der Waals surface area (Å²) in [6, 6.07) is 16.1. The zero-order chi connectivity index (χ0) is 18.4. The van der Waals surface area contributed by atoms with Crippen molar-refractivity contribution in [2.24, 2.45) is 0 Å². The number of aromatic nitrogens is 2. The molecule has 0 fully saturated rings. The molecule has 0 aliphatic heterocycles. The van der Waals surface area contributed by atoms with Gasteiger partial charge in [-0.2, -0.15) is 5.26 Å². The average Bonchev–Trinajstić information content (AvgIpc) is 2.69. The SMILES string of the molecule is COc1ccccc1NC(=O)c1cnc(Nc2ccc(C#N)cc2)nc1. The minimum absolute atomic E-state index is 0.321. The Balaban J connectivity index is 1.68. The first-order valence-corrected chi connectivity index (χ1v) is 7.73. The van der Waals surface area contributed by atoms with E-state index in [0.29, 0.717) is 28.5 Å². The highest BCUT2D eigenvalue weighted by Crippen LogP contribution is 2.23. The molecule has 1 aromatic heterocycles. The van der Waals surface area contributed by atoms with Gasteiger partial charge in [0.2, 0.25) is 5.95 Å². The van der Waals surface area contributed by atoms with Crippen LogP contribution in [0.5, 0.6) is 5.75 Å². The highest BCUT2D eigenvalue weighted by Gasteiger charge is 2.10. The summed E-state index contributed by atoms with van der Waals surface area (Å²) in [5.74, 6) is 0.587. The molecule has 0 radical (unpaired) electrons. The van der Waals surface area contributed by atoms with Crippen molar-refractivity contribution in [2.45, 2.75) is 0 Å². The number of carbonyl (C=O) groups excluding carboxylic acids is 1. The van der Waals surface area contributed by atoms with Crippen LogP contribution < -0.4 is 15.4 Å². The van der Waals surface area contributed by atoms with E-state index < -0.39 is 0 Å². The number of anilines is 3. The molecule has 128 valence electrons. The van der Waals surface area contributed by atoms with Crippen LogP contribution in [0.1, 0.15) is 15.9 Å². The molecule has 0 atom stereocenters. The fraction of sp³-hybridized carbons (Fsp3) is 0.0526. The van der Waals surface area contributed by atoms with Gasteiger partial charge in [-0.1, -0.05) is 12.1 Å². The number of amides is 1. The van der Waals surface area contributed by atoms with Gasteiger partial charge in [0, 0.05) is 18.1 Å². The molecular weight excluding hydrogens is 330 g/mol. The Morgan fingerprint density at radius 3 is 2.42 bits per heavy atom. The molecular formula is C19H15N5O2. The molecule has 1 amide bonds. The molecule has 2 aromatic carbocycles. The van der Waals surface area contributed by atoms with Gasteiger partial charge in [-0.15, -0.1) is 0 Å². The largest absolute Gasteiger partial charge is 0.495 e. The summed E-state index contributed by atoms with van der Waals surface area (Å²) in [5, 5.41) is 14.6. The number of rotatable bonds is 5. The van der Waals surface area contributed by atoms with E-state index in [9.17, 15) is 4.79 Å². The highest BCUT2D eigenvalue weighted by atomic mass is 16.5. The van der Waals surface area contributed by atoms with E-state index in [1.807, 2.05) is 6.07 Å². The maximum atomic E-state index is 12.3. The van der Waals surface area contributed by atoms with Gasteiger partial charge in [0.05, 0.1) is 30.0 Å². The molecule has 1 heterocycles. The zero-order valence-electron chi connectivity index (χ0n) is 13.9. The second-order valence-electron chi connectivity index (χ2n) is 5.26. The normalized spacial score (nSPS) is 9.85. The molecule has 7 nitrogen and oxygen atoms in total. The predicted molar refractivity (Wildman–Crippen MR) is 97.4 cm³/mol. The maximum Gasteiger partial charge on any atom is 0.258 e. The van der Waals surface area contributed by atoms with E-state index in [-0.39, 0.29) is 5.91 Å². The van der Waals surface area contributed by atoms with Gasteiger partial charge >= 0.3 is 0 Å². The van der Waals surface area contributed by atoms with Gasteiger partial charge in [-0.05, 0) is 36.4 Å². The molecule has 0 saturated heterocycles. The van der Waals surface area contributed by atoms with Crippen LogP contribution in [-0.2, 0) is 0 Å². The molecule has 0 bridgehead atoms. The van der Waals surface area contributed by atoms with Crippen LogP contribution in [0.15, 0.2) is 60.9 Å². The number of carbonyl (C=O) groups is 1. The van der Waals surface area contributed by atoms with Gasteiger partial charge in [0.1, 0.15) is 5.75 Å². The molecule has 0 spiro atoms. The Kier molecular flexibility index (Phi) is 5.05. The molecule has 3 rings (SSSR count). The smallest absolute Gasteiger partial charge is 0.258 e. The summed E-state index contributed by atoms with van der Waals surface area (Å²) in [6.45, 7) is 0. The first-order chi connectivity index (χ1) is 12.7. The zero-order valence-corrected chi connectivity index (χ0v) is 13.9. The Hall–Kier alpha value is -3.92. The van der Waals surface area contributed by atoms with Gasteiger partial charge < -0.3 is 15.4 Å². The second kappa shape index (κ2) is 7.77. The summed E-state index contributed by atoms with van der Waals surface area (Å²) in [5.41, 5.74) is 2.20. The van der Waals surface area contributed by atoms with Crippen molar-refractivity contribution in [3.63, 3.8) is 0 Å². The van der Waals surface area contributed by atoms with Crippen LogP contribution >= 0.6 is 0 Å². The van der Waals surface area contributed by atoms with E-state index in [4.69, 9.17) is 10.00 Å². The fourth-order valence-electron chi connectivity index (χ4n) is 2.21. The number of benzene rings is 2. The van der Waals surface area contributed by atoms with Crippen molar-refractivity contribution in [3.05, 3.63) is 72.1 Å². The number of nitriles is 1. The monoisotopic (exact) mass is 345 g/mol. The van der Waals surface area contributed by atoms with Crippen LogP contribution in [0.3, 0.4) is 0 Å². The van der Waals surface area contributed by atoms with Crippen LogP contribution in [0.2, 0.25) is 0 Å². The Labute approximate surface area is 150 Å². The summed E-state index contributed by atoms with van der Waals surface area (Å²) < 4.78 is 5.21. The molecule has 3 aromatic rings. The van der Waals surface area contributed by atoms with E-state index in [2.05, 4.69) is 26.7 Å². The van der Waals surface area contributed by atoms with Gasteiger partial charge in [-0.25, -0.2) is 9.97 Å². The van der Waals surface area contributed by atoms with Crippen molar-refractivity contribution in [3.8, 4) is 11.8 Å². The van der Waals surface area contributed by atoms with Crippen molar-refractivity contribution in [2.75, 3.05) is 17.7 Å². The Morgan fingerprint density at radius 2 is 1.77 bits per heavy atom. The molecule has 2 N–H and O–H groups in total. The molecule has 0 unspecified atom stereocenters. The molecule has 0 saturated carbocycles. The minimum atomic E-state index is -0.334. The van der Waals surface area contributed by atoms with Gasteiger partial charge in [-0.3, -0.25) is 4.79 Å². The third kappa shape index (κ3) is 3.94. The van der Waals surface area contributed by atoms with Crippen LogP contribution in [-0.4, -0.2) is 23.0 Å². The van der Waals surface area contributed by atoms with Crippen molar-refractivity contribution in [1.29, 1.82) is 5.26 Å². The number of ether oxygens (including phenoxy) is 1. The first-order valence-electron chi connectivity index (χ1n) is 7.73. The number of para-hydroxylation sites is 2. The average molecular weight is 345 g/mol. The summed E-state index contributed by atoms with van der Waals surface area (Å²) in [6.07, 6.45) is 2.87. The van der Waals surface area contributed by atoms with Gasteiger partial charge in [0.25, 0.3) is 5.91 Å². The first kappa shape index (κ1) is 16.9. The third-order valence-electron chi connectivity index (χ3n) is 3.54. The summed E-state index contributed by atoms with van der Waals surface area (Å²) in [7, 11) is 1.54. The van der Waals surface area contributed by atoms with E-state index in [1.165, 1.54) is 19.5 Å². The lowest BCUT2D eigenvalue weighted by molar-refractivity contribution is 0.102. The maximum absolute atomic E-state index is 12.3. The fourth-order valence-corrected chi connectivity index (χ4v) is 2.21. The number of methoxy groups -OCH3 is 1. The number of nitrogens with one attached hydrogen (secondary N) is 2. The van der Waals surface area contributed by atoms with Crippen molar-refractivity contribution < 1.29 is 9.53 Å². The number of hydrogen-bond acceptors (Lipinski definition) is 6. The molecule has 7 heteroatoms. The summed E-state index contributed by atoms with van der Waals surface area (Å²) in [4.78, 5) is 20.6. The van der Waals surface area contributed by atoms with Gasteiger partial charge in [0.15, 0.2) is 0 Å². The van der Waals surface area contributed by atoms with Crippen LogP contribution in [0.4, 0.5) is 17.3 Å². The van der Waals surface area contributed by atoms with E-state index in [1.54, 1.807) is 42.5 Å². The van der Waals surface area contributed by atoms with Crippen LogP contribution in [0, 0.1) is 11.3 Å². The topological polar surface area (TPSA) is 99.9 Å². The summed E-state index contributed by atoms with van der Waals surface area (Å²) >= 11 is 0. The van der Waals surface area contributed by atoms with Crippen molar-refractivity contribution in [1.82, 2.24) is 9.97 Å². The number of hydrogen-bond donors (Lipinski definition) is 2. The highest BCUT2D eigenvalue weighted by molar-refractivity contribution is 6.04. The van der Waals surface area contributed by atoms with Crippen molar-refractivity contribution >= 4 is 23.2 Å². The molecule has 26 heavy (non-hydrogen) atoms. The molecule has 0 aliphatic rings. The lowest BCUT2D eigenvalue weighted by atomic mass is 10.2. The lowest BCUT2D eigenvalue weighted by Gasteiger charge is -2.10. The number of nitrogens with zero attached hydrogens (tertiary/aromatic N) is 3. The minimum Gasteiger partial charge on any atom is -0.495 e. The van der Waals surface area contributed by atoms with E-state index in [0.717, 1.165) is 5.69 Å². The second-order valence-corrected chi connectivity index (χ2v) is 5.26. The third-order valence-corrected chi connectivity index (χ3v) is 3.54. The van der Waals surface area contributed by atoms with E-state index >= 15 is 0 Å².